The SMILES string of the molecule is Cc1ccccc1Pc1ccccc1O. The van der Waals surface area contributed by atoms with Gasteiger partial charge >= 0.3 is 0 Å². The largest absolute Gasteiger partial charge is 0.507 e. The Hall–Kier alpha value is -1.33. The maximum atomic E-state index is 9.67. The number of aryl methyl sites for hydroxylation is 1. The van der Waals surface area contributed by atoms with Gasteiger partial charge in [0.05, 0.1) is 0 Å². The van der Waals surface area contributed by atoms with Crippen LogP contribution >= 0.6 is 8.58 Å². The molecule has 0 heterocycles. The Morgan fingerprint density at radius 2 is 1.47 bits per heavy atom. The van der Waals surface area contributed by atoms with Crippen molar-refractivity contribution < 1.29 is 5.11 Å². The number of phenols is 1. The molecule has 2 heteroatoms. The Balaban J connectivity index is 2.30. The second-order valence-electron chi connectivity index (χ2n) is 3.46. The van der Waals surface area contributed by atoms with E-state index in [4.69, 9.17) is 0 Å². The fraction of sp³-hybridized carbons (Fsp3) is 0.0769. The molecule has 0 spiro atoms. The number of benzene rings is 2. The summed E-state index contributed by atoms with van der Waals surface area (Å²) >= 11 is 0. The first-order valence-electron chi connectivity index (χ1n) is 4.88. The molecule has 2 aromatic carbocycles. The molecule has 0 aromatic heterocycles. The molecule has 76 valence electrons. The predicted molar refractivity (Wildman–Crippen MR) is 66.9 cm³/mol. The quantitative estimate of drug-likeness (QED) is 0.764. The van der Waals surface area contributed by atoms with Gasteiger partial charge in [0.1, 0.15) is 5.75 Å². The Bertz CT molecular complexity index is 422. The molecule has 2 aromatic rings. The van der Waals surface area contributed by atoms with E-state index < -0.39 is 0 Å². The van der Waals surface area contributed by atoms with Crippen LogP contribution in [0.3, 0.4) is 0 Å². The second kappa shape index (κ2) is 4.46. The second-order valence-corrected chi connectivity index (χ2v) is 4.78. The van der Waals surface area contributed by atoms with Gasteiger partial charge in [-0.2, -0.15) is 0 Å². The first-order chi connectivity index (χ1) is 7.27. The lowest BCUT2D eigenvalue weighted by atomic mass is 10.2. The zero-order valence-electron chi connectivity index (χ0n) is 8.57. The van der Waals surface area contributed by atoms with Crippen molar-refractivity contribution in [2.24, 2.45) is 0 Å². The number of hydrogen-bond donors (Lipinski definition) is 1. The van der Waals surface area contributed by atoms with Gasteiger partial charge in [-0.1, -0.05) is 51.0 Å². The lowest BCUT2D eigenvalue weighted by molar-refractivity contribution is 0.480. The van der Waals surface area contributed by atoms with E-state index >= 15 is 0 Å². The van der Waals surface area contributed by atoms with Gasteiger partial charge in [-0.3, -0.25) is 0 Å². The molecule has 1 N–H and O–H groups in total. The van der Waals surface area contributed by atoms with Crippen molar-refractivity contribution in [3.8, 4) is 5.75 Å². The number of phenolic OH excluding ortho intramolecular Hbond substituents is 1. The number of para-hydroxylation sites is 1. The molecular formula is C13H13OP. The summed E-state index contributed by atoms with van der Waals surface area (Å²) in [4.78, 5) is 0. The Morgan fingerprint density at radius 1 is 0.867 bits per heavy atom. The summed E-state index contributed by atoms with van der Waals surface area (Å²) in [6.07, 6.45) is 0. The molecule has 2 rings (SSSR count). The van der Waals surface area contributed by atoms with Gasteiger partial charge in [-0.25, -0.2) is 0 Å². The van der Waals surface area contributed by atoms with E-state index in [9.17, 15) is 5.11 Å². The monoisotopic (exact) mass is 216 g/mol. The topological polar surface area (TPSA) is 20.2 Å². The summed E-state index contributed by atoms with van der Waals surface area (Å²) in [7, 11) is 0.524. The molecule has 0 aliphatic rings. The van der Waals surface area contributed by atoms with E-state index in [-0.39, 0.29) is 0 Å². The smallest absolute Gasteiger partial charge is 0.123 e. The minimum Gasteiger partial charge on any atom is -0.507 e. The molecule has 1 atom stereocenters. The third kappa shape index (κ3) is 2.37. The minimum atomic E-state index is 0.388. The van der Waals surface area contributed by atoms with Crippen LogP contribution in [-0.4, -0.2) is 5.11 Å². The third-order valence-electron chi connectivity index (χ3n) is 2.32. The molecule has 0 aliphatic carbocycles. The van der Waals surface area contributed by atoms with Gasteiger partial charge < -0.3 is 5.11 Å². The summed E-state index contributed by atoms with van der Waals surface area (Å²) in [6.45, 7) is 2.10. The minimum absolute atomic E-state index is 0.388. The normalized spacial score (nSPS) is 11.0. The summed E-state index contributed by atoms with van der Waals surface area (Å²) < 4.78 is 0. The molecule has 0 radical (unpaired) electrons. The van der Waals surface area contributed by atoms with Crippen LogP contribution < -0.4 is 10.6 Å². The highest BCUT2D eigenvalue weighted by Crippen LogP contribution is 2.18. The van der Waals surface area contributed by atoms with Crippen molar-refractivity contribution in [3.05, 3.63) is 54.1 Å². The van der Waals surface area contributed by atoms with Crippen molar-refractivity contribution in [1.29, 1.82) is 0 Å². The first kappa shape index (κ1) is 10.2. The van der Waals surface area contributed by atoms with E-state index in [1.807, 2.05) is 30.3 Å². The molecule has 0 saturated heterocycles. The van der Waals surface area contributed by atoms with Crippen LogP contribution in [0.1, 0.15) is 5.56 Å². The molecule has 0 saturated carbocycles. The van der Waals surface area contributed by atoms with Crippen molar-refractivity contribution in [2.45, 2.75) is 6.92 Å². The highest BCUT2D eigenvalue weighted by Gasteiger charge is 2.02. The Labute approximate surface area is 91.6 Å². The van der Waals surface area contributed by atoms with Crippen molar-refractivity contribution in [3.63, 3.8) is 0 Å². The molecule has 0 bridgehead atoms. The van der Waals surface area contributed by atoms with Crippen LogP contribution in [-0.2, 0) is 0 Å². The molecule has 0 amide bonds. The summed E-state index contributed by atoms with van der Waals surface area (Å²) in [5, 5.41) is 12.0. The van der Waals surface area contributed by atoms with Crippen molar-refractivity contribution in [1.82, 2.24) is 0 Å². The van der Waals surface area contributed by atoms with Crippen LogP contribution in [0.5, 0.6) is 5.75 Å². The predicted octanol–water partition coefficient (Wildman–Crippen LogP) is 2.33. The number of rotatable bonds is 2. The van der Waals surface area contributed by atoms with Crippen molar-refractivity contribution >= 4 is 19.2 Å². The van der Waals surface area contributed by atoms with Crippen LogP contribution in [0.2, 0.25) is 0 Å². The average molecular weight is 216 g/mol. The molecule has 15 heavy (non-hydrogen) atoms. The van der Waals surface area contributed by atoms with Crippen LogP contribution in [0.4, 0.5) is 0 Å². The zero-order chi connectivity index (χ0) is 10.7. The van der Waals surface area contributed by atoms with Gasteiger partial charge in [0.2, 0.25) is 0 Å². The maximum Gasteiger partial charge on any atom is 0.123 e. The van der Waals surface area contributed by atoms with Crippen molar-refractivity contribution in [2.75, 3.05) is 0 Å². The van der Waals surface area contributed by atoms with Crippen LogP contribution in [0.15, 0.2) is 48.5 Å². The number of aromatic hydroxyl groups is 1. The van der Waals surface area contributed by atoms with E-state index in [0.29, 0.717) is 14.3 Å². The summed E-state index contributed by atoms with van der Waals surface area (Å²) in [5.74, 6) is 0.388. The molecular weight excluding hydrogens is 203 g/mol. The van der Waals surface area contributed by atoms with Gasteiger partial charge in [0.25, 0.3) is 0 Å². The van der Waals surface area contributed by atoms with E-state index in [1.165, 1.54) is 10.9 Å². The highest BCUT2D eigenvalue weighted by atomic mass is 31.1. The summed E-state index contributed by atoms with van der Waals surface area (Å²) in [5.41, 5.74) is 1.28. The van der Waals surface area contributed by atoms with Gasteiger partial charge in [0, 0.05) is 5.30 Å². The zero-order valence-corrected chi connectivity index (χ0v) is 9.57. The number of hydrogen-bond acceptors (Lipinski definition) is 1. The lowest BCUT2D eigenvalue weighted by Gasteiger charge is -2.07. The van der Waals surface area contributed by atoms with E-state index in [2.05, 4.69) is 19.1 Å². The lowest BCUT2D eigenvalue weighted by Crippen LogP contribution is -2.06. The van der Waals surface area contributed by atoms with Crippen LogP contribution in [0.25, 0.3) is 0 Å². The fourth-order valence-corrected chi connectivity index (χ4v) is 2.58. The first-order valence-corrected chi connectivity index (χ1v) is 5.88. The van der Waals surface area contributed by atoms with Crippen LogP contribution in [0, 0.1) is 6.92 Å². The standard InChI is InChI=1S/C13H13OP/c1-10-6-2-4-8-12(10)15-13-9-5-3-7-11(13)14/h2-9,14-15H,1H3. The van der Waals surface area contributed by atoms with Gasteiger partial charge in [0.15, 0.2) is 0 Å². The van der Waals surface area contributed by atoms with Gasteiger partial charge in [-0.15, -0.1) is 0 Å². The summed E-state index contributed by atoms with van der Waals surface area (Å²) in [6, 6.07) is 15.8. The third-order valence-corrected chi connectivity index (χ3v) is 3.84. The molecule has 1 nitrogen and oxygen atoms in total. The molecule has 0 fully saturated rings. The van der Waals surface area contributed by atoms with E-state index in [1.54, 1.807) is 6.07 Å². The fourth-order valence-electron chi connectivity index (χ4n) is 1.44. The van der Waals surface area contributed by atoms with E-state index in [0.717, 1.165) is 5.30 Å². The maximum absolute atomic E-state index is 9.67. The average Bonchev–Trinajstić information content (AvgIpc) is 2.24. The highest BCUT2D eigenvalue weighted by molar-refractivity contribution is 7.55. The molecule has 0 aliphatic heterocycles. The van der Waals surface area contributed by atoms with Gasteiger partial charge in [-0.05, 0) is 23.9 Å². The Morgan fingerprint density at radius 3 is 2.13 bits per heavy atom. The Kier molecular flexibility index (Phi) is 3.03. The molecule has 1 unspecified atom stereocenters.